The molecule has 1 saturated heterocycles. The molecule has 1 aliphatic heterocycles. The first-order chi connectivity index (χ1) is 13.8. The highest BCUT2D eigenvalue weighted by Crippen LogP contribution is 2.24. The fourth-order valence-corrected chi connectivity index (χ4v) is 5.98. The maximum absolute atomic E-state index is 12.7. The summed E-state index contributed by atoms with van der Waals surface area (Å²) in [7, 11) is -3.82. The van der Waals surface area contributed by atoms with E-state index in [0.717, 1.165) is 48.9 Å². The topological polar surface area (TPSA) is 78.5 Å². The molecule has 0 saturated carbocycles. The Morgan fingerprint density at radius 3 is 2.72 bits per heavy atom. The highest BCUT2D eigenvalue weighted by atomic mass is 32.2. The van der Waals surface area contributed by atoms with Crippen LogP contribution in [0.4, 0.5) is 5.69 Å². The average Bonchev–Trinajstić information content (AvgIpc) is 3.18. The number of sulfonamides is 1. The molecule has 0 aliphatic carbocycles. The number of nitrogens with one attached hydrogen (secondary N) is 2. The number of anilines is 1. The molecule has 0 radical (unpaired) electrons. The highest BCUT2D eigenvalue weighted by molar-refractivity contribution is 7.93. The van der Waals surface area contributed by atoms with Gasteiger partial charge in [0.2, 0.25) is 0 Å². The molecule has 3 rings (SSSR count). The maximum Gasteiger partial charge on any atom is 0.263 e. The van der Waals surface area contributed by atoms with Crippen molar-refractivity contribution >= 4 is 33.0 Å². The smallest absolute Gasteiger partial charge is 0.263 e. The minimum absolute atomic E-state index is 0.0189. The predicted molar refractivity (Wildman–Crippen MR) is 118 cm³/mol. The third-order valence-electron chi connectivity index (χ3n) is 5.11. The molecular weight excluding hydrogens is 406 g/mol. The lowest BCUT2D eigenvalue weighted by Gasteiger charge is -2.30. The Kier molecular flexibility index (Phi) is 7.32. The van der Waals surface area contributed by atoms with Crippen LogP contribution in [0.3, 0.4) is 0 Å². The molecule has 1 aromatic heterocycles. The lowest BCUT2D eigenvalue weighted by atomic mass is 10.0. The molecule has 1 fully saturated rings. The zero-order chi connectivity index (χ0) is 20.9. The van der Waals surface area contributed by atoms with Crippen molar-refractivity contribution in [1.82, 2.24) is 10.2 Å². The summed E-state index contributed by atoms with van der Waals surface area (Å²) in [6.45, 7) is 7.94. The molecule has 2 heterocycles. The van der Waals surface area contributed by atoms with E-state index in [2.05, 4.69) is 21.9 Å². The quantitative estimate of drug-likeness (QED) is 0.620. The third-order valence-corrected chi connectivity index (χ3v) is 7.57. The van der Waals surface area contributed by atoms with E-state index in [4.69, 9.17) is 0 Å². The number of piperidine rings is 1. The van der Waals surface area contributed by atoms with Gasteiger partial charge in [0.1, 0.15) is 9.77 Å². The lowest BCUT2D eigenvalue weighted by Crippen LogP contribution is -2.36. The first-order valence-corrected chi connectivity index (χ1v) is 12.4. The normalized spacial score (nSPS) is 17.8. The van der Waals surface area contributed by atoms with Crippen molar-refractivity contribution < 1.29 is 13.2 Å². The minimum atomic E-state index is -3.82. The molecule has 6 nitrogen and oxygen atoms in total. The Bertz CT molecular complexity index is 923. The summed E-state index contributed by atoms with van der Waals surface area (Å²) in [5.74, 6) is 0.398. The SMILES string of the molecule is Cc1ccc(NS(=O)(=O)c2ccsc2C(=O)NCCCN2CCCC(C)C2)cc1. The Morgan fingerprint density at radius 1 is 1.24 bits per heavy atom. The number of aryl methyl sites for hydroxylation is 1. The first kappa shape index (κ1) is 21.8. The Hall–Kier alpha value is -1.90. The predicted octanol–water partition coefficient (Wildman–Crippen LogP) is 3.71. The van der Waals surface area contributed by atoms with Gasteiger partial charge >= 0.3 is 0 Å². The molecule has 1 aliphatic rings. The fourth-order valence-electron chi connectivity index (χ4n) is 3.58. The number of hydrogen-bond donors (Lipinski definition) is 2. The molecule has 1 amide bonds. The van der Waals surface area contributed by atoms with Gasteiger partial charge < -0.3 is 10.2 Å². The third kappa shape index (κ3) is 6.04. The second-order valence-corrected chi connectivity index (χ2v) is 10.3. The second kappa shape index (κ2) is 9.73. The molecule has 0 spiro atoms. The van der Waals surface area contributed by atoms with Crippen molar-refractivity contribution in [2.75, 3.05) is 30.9 Å². The highest BCUT2D eigenvalue weighted by Gasteiger charge is 2.24. The van der Waals surface area contributed by atoms with Crippen LogP contribution in [0.1, 0.15) is 41.4 Å². The van der Waals surface area contributed by atoms with E-state index in [1.165, 1.54) is 18.9 Å². The first-order valence-electron chi connectivity index (χ1n) is 10.0. The van der Waals surface area contributed by atoms with Crippen molar-refractivity contribution in [3.8, 4) is 0 Å². The number of nitrogens with zero attached hydrogens (tertiary/aromatic N) is 1. The number of benzene rings is 1. The number of amides is 1. The molecule has 8 heteroatoms. The monoisotopic (exact) mass is 435 g/mol. The van der Waals surface area contributed by atoms with Crippen LogP contribution < -0.4 is 10.0 Å². The molecule has 0 bridgehead atoms. The summed E-state index contributed by atoms with van der Waals surface area (Å²) in [4.78, 5) is 15.2. The number of likely N-dealkylation sites (tertiary alicyclic amines) is 1. The zero-order valence-corrected chi connectivity index (χ0v) is 18.6. The minimum Gasteiger partial charge on any atom is -0.351 e. The van der Waals surface area contributed by atoms with E-state index in [1.54, 1.807) is 17.5 Å². The van der Waals surface area contributed by atoms with Gasteiger partial charge in [-0.2, -0.15) is 0 Å². The summed E-state index contributed by atoms with van der Waals surface area (Å²) in [6, 6.07) is 8.57. The molecule has 1 aromatic carbocycles. The molecule has 29 heavy (non-hydrogen) atoms. The van der Waals surface area contributed by atoms with Crippen molar-refractivity contribution in [1.29, 1.82) is 0 Å². The summed E-state index contributed by atoms with van der Waals surface area (Å²) < 4.78 is 28.0. The Morgan fingerprint density at radius 2 is 2.00 bits per heavy atom. The van der Waals surface area contributed by atoms with Gasteiger partial charge in [-0.05, 0) is 68.8 Å². The van der Waals surface area contributed by atoms with Crippen molar-refractivity contribution in [3.63, 3.8) is 0 Å². The number of rotatable bonds is 8. The van der Waals surface area contributed by atoms with Gasteiger partial charge in [-0.1, -0.05) is 24.6 Å². The number of carbonyl (C=O) groups excluding carboxylic acids is 1. The lowest BCUT2D eigenvalue weighted by molar-refractivity contribution is 0.0951. The van der Waals surface area contributed by atoms with Crippen LogP contribution >= 0.6 is 11.3 Å². The van der Waals surface area contributed by atoms with Crippen LogP contribution in [0, 0.1) is 12.8 Å². The molecule has 2 N–H and O–H groups in total. The Labute approximate surface area is 177 Å². The van der Waals surface area contributed by atoms with Crippen LogP contribution in [-0.4, -0.2) is 45.4 Å². The van der Waals surface area contributed by atoms with Gasteiger partial charge in [-0.15, -0.1) is 11.3 Å². The van der Waals surface area contributed by atoms with E-state index in [0.29, 0.717) is 12.2 Å². The van der Waals surface area contributed by atoms with E-state index in [-0.39, 0.29) is 15.7 Å². The molecule has 158 valence electrons. The number of hydrogen-bond acceptors (Lipinski definition) is 5. The van der Waals surface area contributed by atoms with Crippen LogP contribution in [0.25, 0.3) is 0 Å². The Balaban J connectivity index is 1.55. The van der Waals surface area contributed by atoms with E-state index >= 15 is 0 Å². The van der Waals surface area contributed by atoms with E-state index < -0.39 is 10.0 Å². The zero-order valence-electron chi connectivity index (χ0n) is 17.0. The van der Waals surface area contributed by atoms with Gasteiger partial charge in [0.15, 0.2) is 0 Å². The van der Waals surface area contributed by atoms with Gasteiger partial charge in [-0.25, -0.2) is 8.42 Å². The average molecular weight is 436 g/mol. The van der Waals surface area contributed by atoms with E-state index in [9.17, 15) is 13.2 Å². The second-order valence-electron chi connectivity index (χ2n) is 7.74. The van der Waals surface area contributed by atoms with Gasteiger partial charge in [0.25, 0.3) is 15.9 Å². The van der Waals surface area contributed by atoms with E-state index in [1.807, 2.05) is 19.1 Å². The van der Waals surface area contributed by atoms with Gasteiger partial charge in [-0.3, -0.25) is 9.52 Å². The van der Waals surface area contributed by atoms with Crippen LogP contribution in [0.15, 0.2) is 40.6 Å². The van der Waals surface area contributed by atoms with Crippen LogP contribution in [0.2, 0.25) is 0 Å². The van der Waals surface area contributed by atoms with Crippen LogP contribution in [0.5, 0.6) is 0 Å². The van der Waals surface area contributed by atoms with Crippen molar-refractivity contribution in [3.05, 3.63) is 46.2 Å². The number of carbonyl (C=O) groups is 1. The fraction of sp³-hybridized carbons (Fsp3) is 0.476. The summed E-state index contributed by atoms with van der Waals surface area (Å²) in [5.41, 5.74) is 1.52. The van der Waals surface area contributed by atoms with Crippen LogP contribution in [-0.2, 0) is 10.0 Å². The van der Waals surface area contributed by atoms with Crippen molar-refractivity contribution in [2.24, 2.45) is 5.92 Å². The summed E-state index contributed by atoms with van der Waals surface area (Å²) in [6.07, 6.45) is 3.38. The summed E-state index contributed by atoms with van der Waals surface area (Å²) >= 11 is 1.14. The number of thiophene rings is 1. The van der Waals surface area contributed by atoms with Crippen molar-refractivity contribution in [2.45, 2.75) is 38.0 Å². The van der Waals surface area contributed by atoms with Gasteiger partial charge in [0, 0.05) is 18.8 Å². The summed E-state index contributed by atoms with van der Waals surface area (Å²) in [5, 5.41) is 4.50. The molecular formula is C21H29N3O3S2. The molecule has 1 unspecified atom stereocenters. The standard InChI is InChI=1S/C21H29N3O3S2/c1-16-6-8-18(9-7-16)23-29(26,27)19-10-14-28-20(19)21(25)22-11-4-13-24-12-3-5-17(2)15-24/h6-10,14,17,23H,3-5,11-13,15H2,1-2H3,(H,22,25). The molecule has 1 atom stereocenters. The maximum atomic E-state index is 12.7. The van der Waals surface area contributed by atoms with Gasteiger partial charge in [0.05, 0.1) is 0 Å². The molecule has 2 aromatic rings. The largest absolute Gasteiger partial charge is 0.351 e.